The second-order valence-electron chi connectivity index (χ2n) is 7.71. The third kappa shape index (κ3) is 6.13. The SMILES string of the molecule is COc1ccc(-c2nc(SCCC(=O)Nc3cc(Cl)ccc3OC)[nH]c2-c2ccc(OC)cc2)cc1. The molecule has 2 N–H and O–H groups in total. The molecule has 7 nitrogen and oxygen atoms in total. The highest BCUT2D eigenvalue weighted by Crippen LogP contribution is 2.34. The maximum Gasteiger partial charge on any atom is 0.225 e. The zero-order chi connectivity index (χ0) is 25.5. The maximum atomic E-state index is 12.5. The molecule has 0 saturated heterocycles. The molecule has 1 amide bonds. The van der Waals surface area contributed by atoms with Gasteiger partial charge in [0.25, 0.3) is 0 Å². The summed E-state index contributed by atoms with van der Waals surface area (Å²) in [7, 11) is 4.83. The lowest BCUT2D eigenvalue weighted by Crippen LogP contribution is -2.13. The van der Waals surface area contributed by atoms with Gasteiger partial charge < -0.3 is 24.5 Å². The Labute approximate surface area is 219 Å². The molecule has 4 aromatic rings. The van der Waals surface area contributed by atoms with Crippen molar-refractivity contribution in [1.29, 1.82) is 0 Å². The number of rotatable bonds is 10. The summed E-state index contributed by atoms with van der Waals surface area (Å²) >= 11 is 7.53. The zero-order valence-corrected chi connectivity index (χ0v) is 21.7. The van der Waals surface area contributed by atoms with Crippen LogP contribution >= 0.6 is 23.4 Å². The monoisotopic (exact) mass is 523 g/mol. The number of halogens is 1. The highest BCUT2D eigenvalue weighted by atomic mass is 35.5. The number of carbonyl (C=O) groups excluding carboxylic acids is 1. The first-order valence-electron chi connectivity index (χ1n) is 11.2. The van der Waals surface area contributed by atoms with Crippen molar-refractivity contribution < 1.29 is 19.0 Å². The van der Waals surface area contributed by atoms with E-state index in [4.69, 9.17) is 30.8 Å². The molecule has 1 aromatic heterocycles. The number of H-pyrrole nitrogens is 1. The van der Waals surface area contributed by atoms with Gasteiger partial charge in [-0.25, -0.2) is 4.98 Å². The number of amides is 1. The molecule has 0 unspecified atom stereocenters. The summed E-state index contributed by atoms with van der Waals surface area (Å²) in [5.41, 5.74) is 4.18. The first-order valence-corrected chi connectivity index (χ1v) is 12.5. The lowest BCUT2D eigenvalue weighted by Gasteiger charge is -2.10. The van der Waals surface area contributed by atoms with Crippen molar-refractivity contribution in [1.82, 2.24) is 9.97 Å². The molecule has 0 atom stereocenters. The fourth-order valence-corrected chi connectivity index (χ4v) is 4.56. The number of hydrogen-bond donors (Lipinski definition) is 2. The maximum absolute atomic E-state index is 12.5. The second kappa shape index (κ2) is 11.9. The Morgan fingerprint density at radius 2 is 1.56 bits per heavy atom. The Morgan fingerprint density at radius 3 is 2.17 bits per heavy atom. The molecular weight excluding hydrogens is 498 g/mol. The number of nitrogens with one attached hydrogen (secondary N) is 2. The number of ether oxygens (including phenoxy) is 3. The molecule has 1 heterocycles. The fourth-order valence-electron chi connectivity index (χ4n) is 3.58. The number of aromatic amines is 1. The highest BCUT2D eigenvalue weighted by Gasteiger charge is 2.16. The molecule has 186 valence electrons. The molecule has 3 aromatic carbocycles. The minimum atomic E-state index is -0.139. The number of imidazole rings is 1. The molecule has 0 aliphatic rings. The third-order valence-corrected chi connectivity index (χ3v) is 6.54. The van der Waals surface area contributed by atoms with Crippen molar-refractivity contribution in [3.8, 4) is 39.8 Å². The van der Waals surface area contributed by atoms with Crippen LogP contribution in [-0.4, -0.2) is 43.0 Å². The fraction of sp³-hybridized carbons (Fsp3) is 0.185. The normalized spacial score (nSPS) is 10.7. The zero-order valence-electron chi connectivity index (χ0n) is 20.1. The van der Waals surface area contributed by atoms with Crippen molar-refractivity contribution >= 4 is 35.0 Å². The van der Waals surface area contributed by atoms with Crippen molar-refractivity contribution in [3.63, 3.8) is 0 Å². The summed E-state index contributed by atoms with van der Waals surface area (Å²) in [6, 6.07) is 20.7. The number of anilines is 1. The number of hydrogen-bond acceptors (Lipinski definition) is 6. The van der Waals surface area contributed by atoms with Crippen LogP contribution in [0.4, 0.5) is 5.69 Å². The smallest absolute Gasteiger partial charge is 0.225 e. The first kappa shape index (κ1) is 25.5. The molecule has 0 aliphatic heterocycles. The van der Waals surface area contributed by atoms with Crippen LogP contribution in [-0.2, 0) is 4.79 Å². The number of benzene rings is 3. The van der Waals surface area contributed by atoms with Gasteiger partial charge in [0.15, 0.2) is 5.16 Å². The molecule has 9 heteroatoms. The van der Waals surface area contributed by atoms with Gasteiger partial charge >= 0.3 is 0 Å². The van der Waals surface area contributed by atoms with Gasteiger partial charge in [0, 0.05) is 28.3 Å². The standard InChI is InChI=1S/C27H26ClN3O4S/c1-33-20-9-4-17(5-10-20)25-26(18-6-11-21(34-2)12-7-18)31-27(30-25)36-15-14-24(32)29-22-16-19(28)8-13-23(22)35-3/h4-13,16H,14-15H2,1-3H3,(H,29,32)(H,30,31). The average molecular weight is 524 g/mol. The van der Waals surface area contributed by atoms with E-state index in [9.17, 15) is 4.79 Å². The van der Waals surface area contributed by atoms with Gasteiger partial charge in [-0.1, -0.05) is 23.4 Å². The van der Waals surface area contributed by atoms with Crippen molar-refractivity contribution in [2.75, 3.05) is 32.4 Å². The minimum absolute atomic E-state index is 0.139. The second-order valence-corrected chi connectivity index (χ2v) is 9.23. The summed E-state index contributed by atoms with van der Waals surface area (Å²) < 4.78 is 15.9. The van der Waals surface area contributed by atoms with Crippen molar-refractivity contribution in [3.05, 3.63) is 71.8 Å². The van der Waals surface area contributed by atoms with Crippen LogP contribution in [0.15, 0.2) is 71.9 Å². The Kier molecular flexibility index (Phi) is 8.40. The lowest BCUT2D eigenvalue weighted by atomic mass is 10.0. The number of thioether (sulfide) groups is 1. The van der Waals surface area contributed by atoms with Gasteiger partial charge in [-0.05, 0) is 66.7 Å². The molecule has 0 bridgehead atoms. The molecule has 36 heavy (non-hydrogen) atoms. The Hall–Kier alpha value is -3.62. The van der Waals surface area contributed by atoms with Gasteiger partial charge in [-0.3, -0.25) is 4.79 Å². The van der Waals surface area contributed by atoms with E-state index in [1.54, 1.807) is 39.5 Å². The van der Waals surface area contributed by atoms with E-state index in [1.165, 1.54) is 11.8 Å². The Bertz CT molecular complexity index is 1260. The molecule has 0 radical (unpaired) electrons. The van der Waals surface area contributed by atoms with E-state index in [2.05, 4.69) is 10.3 Å². The average Bonchev–Trinajstić information content (AvgIpc) is 3.33. The minimum Gasteiger partial charge on any atom is -0.497 e. The van der Waals surface area contributed by atoms with Crippen LogP contribution in [0.3, 0.4) is 0 Å². The summed E-state index contributed by atoms with van der Waals surface area (Å²) in [5, 5.41) is 4.11. The van der Waals surface area contributed by atoms with Gasteiger partial charge in [-0.2, -0.15) is 0 Å². The molecule has 0 spiro atoms. The van der Waals surface area contributed by atoms with Crippen LogP contribution in [0.2, 0.25) is 5.02 Å². The van der Waals surface area contributed by atoms with E-state index in [1.807, 2.05) is 48.5 Å². The van der Waals surface area contributed by atoms with E-state index < -0.39 is 0 Å². The number of carbonyl (C=O) groups is 1. The van der Waals surface area contributed by atoms with E-state index >= 15 is 0 Å². The van der Waals surface area contributed by atoms with Crippen molar-refractivity contribution in [2.24, 2.45) is 0 Å². The topological polar surface area (TPSA) is 85.5 Å². The number of aromatic nitrogens is 2. The summed E-state index contributed by atoms with van der Waals surface area (Å²) in [6.45, 7) is 0. The van der Waals surface area contributed by atoms with Crippen molar-refractivity contribution in [2.45, 2.75) is 11.6 Å². The van der Waals surface area contributed by atoms with Gasteiger partial charge in [-0.15, -0.1) is 0 Å². The van der Waals surface area contributed by atoms with Crippen LogP contribution < -0.4 is 19.5 Å². The predicted molar refractivity (Wildman–Crippen MR) is 145 cm³/mol. The van der Waals surface area contributed by atoms with Crippen LogP contribution in [0.25, 0.3) is 22.5 Å². The quantitative estimate of drug-likeness (QED) is 0.229. The predicted octanol–water partition coefficient (Wildman–Crippen LogP) is 6.54. The molecular formula is C27H26ClN3O4S. The highest BCUT2D eigenvalue weighted by molar-refractivity contribution is 7.99. The number of nitrogens with zero attached hydrogens (tertiary/aromatic N) is 1. The molecule has 0 fully saturated rings. The van der Waals surface area contributed by atoms with Crippen LogP contribution in [0.5, 0.6) is 17.2 Å². The van der Waals surface area contributed by atoms with Gasteiger partial charge in [0.05, 0.1) is 38.4 Å². The largest absolute Gasteiger partial charge is 0.497 e. The first-order chi connectivity index (χ1) is 17.5. The van der Waals surface area contributed by atoms with Gasteiger partial charge in [0.1, 0.15) is 17.2 Å². The van der Waals surface area contributed by atoms with E-state index in [0.29, 0.717) is 22.2 Å². The lowest BCUT2D eigenvalue weighted by molar-refractivity contribution is -0.115. The van der Waals surface area contributed by atoms with Crippen LogP contribution in [0.1, 0.15) is 6.42 Å². The molecule has 0 saturated carbocycles. The van der Waals surface area contributed by atoms with E-state index in [0.717, 1.165) is 39.2 Å². The van der Waals surface area contributed by atoms with Gasteiger partial charge in [0.2, 0.25) is 5.91 Å². The Morgan fingerprint density at radius 1 is 0.917 bits per heavy atom. The van der Waals surface area contributed by atoms with E-state index in [-0.39, 0.29) is 12.3 Å². The molecule has 0 aliphatic carbocycles. The number of methoxy groups -OCH3 is 3. The van der Waals surface area contributed by atoms with Crippen LogP contribution in [0, 0.1) is 0 Å². The third-order valence-electron chi connectivity index (χ3n) is 5.43. The summed E-state index contributed by atoms with van der Waals surface area (Å²) in [6.07, 6.45) is 0.288. The molecule has 4 rings (SSSR count). The Balaban J connectivity index is 1.50. The summed E-state index contributed by atoms with van der Waals surface area (Å²) in [5.74, 6) is 2.50. The summed E-state index contributed by atoms with van der Waals surface area (Å²) in [4.78, 5) is 20.8.